The van der Waals surface area contributed by atoms with Crippen molar-refractivity contribution < 1.29 is 12.8 Å². The fraction of sp³-hybridized carbons (Fsp3) is 0.571. The lowest BCUT2D eigenvalue weighted by Gasteiger charge is -2.36. The molecule has 0 saturated carbocycles. The van der Waals surface area contributed by atoms with Gasteiger partial charge in [-0.05, 0) is 44.0 Å². The van der Waals surface area contributed by atoms with E-state index >= 15 is 0 Å². The Kier molecular flexibility index (Phi) is 3.67. The molecule has 1 aromatic rings. The van der Waals surface area contributed by atoms with Crippen molar-refractivity contribution in [1.82, 2.24) is 9.21 Å². The molecule has 1 aromatic carbocycles. The molecule has 2 aliphatic rings. The number of rotatable bonds is 2. The molecule has 1 unspecified atom stereocenters. The largest absolute Gasteiger partial charge is 0.398 e. The summed E-state index contributed by atoms with van der Waals surface area (Å²) in [5.74, 6) is -0.726. The van der Waals surface area contributed by atoms with Crippen LogP contribution in [-0.2, 0) is 10.0 Å². The van der Waals surface area contributed by atoms with Crippen LogP contribution in [0.2, 0.25) is 0 Å². The number of nitrogen functional groups attached to an aromatic ring is 1. The first-order valence-electron chi connectivity index (χ1n) is 7.19. The van der Waals surface area contributed by atoms with E-state index in [1.54, 1.807) is 6.92 Å². The molecule has 7 heteroatoms. The lowest BCUT2D eigenvalue weighted by molar-refractivity contribution is 0.158. The van der Waals surface area contributed by atoms with E-state index in [1.807, 2.05) is 0 Å². The van der Waals surface area contributed by atoms with Crippen molar-refractivity contribution in [2.75, 3.05) is 31.9 Å². The zero-order valence-electron chi connectivity index (χ0n) is 12.0. The van der Waals surface area contributed by atoms with Crippen molar-refractivity contribution in [3.8, 4) is 0 Å². The van der Waals surface area contributed by atoms with Crippen LogP contribution in [0, 0.1) is 12.7 Å². The molecule has 2 heterocycles. The summed E-state index contributed by atoms with van der Waals surface area (Å²) >= 11 is 0. The van der Waals surface area contributed by atoms with Gasteiger partial charge in [0.05, 0.1) is 0 Å². The Morgan fingerprint density at radius 3 is 2.81 bits per heavy atom. The summed E-state index contributed by atoms with van der Waals surface area (Å²) in [5.41, 5.74) is 6.59. The van der Waals surface area contributed by atoms with Crippen LogP contribution in [0.3, 0.4) is 0 Å². The van der Waals surface area contributed by atoms with Gasteiger partial charge in [-0.2, -0.15) is 4.31 Å². The summed E-state index contributed by atoms with van der Waals surface area (Å²) in [6.07, 6.45) is 2.11. The molecule has 0 aromatic heterocycles. The van der Waals surface area contributed by atoms with E-state index in [9.17, 15) is 12.8 Å². The Hall–Kier alpha value is -1.18. The predicted molar refractivity (Wildman–Crippen MR) is 78.9 cm³/mol. The Balaban J connectivity index is 1.92. The molecule has 0 spiro atoms. The minimum Gasteiger partial charge on any atom is -0.398 e. The van der Waals surface area contributed by atoms with E-state index in [4.69, 9.17) is 5.73 Å². The molecule has 5 nitrogen and oxygen atoms in total. The van der Waals surface area contributed by atoms with Crippen molar-refractivity contribution in [2.45, 2.75) is 30.7 Å². The highest BCUT2D eigenvalue weighted by atomic mass is 32.2. The van der Waals surface area contributed by atoms with Crippen LogP contribution in [0.25, 0.3) is 0 Å². The van der Waals surface area contributed by atoms with Crippen LogP contribution in [0.4, 0.5) is 10.1 Å². The number of hydrogen-bond acceptors (Lipinski definition) is 4. The number of halogens is 1. The van der Waals surface area contributed by atoms with Crippen LogP contribution in [-0.4, -0.2) is 49.8 Å². The lowest BCUT2D eigenvalue weighted by Crippen LogP contribution is -2.52. The fourth-order valence-electron chi connectivity index (χ4n) is 3.19. The highest BCUT2D eigenvalue weighted by Gasteiger charge is 2.37. The molecule has 2 aliphatic heterocycles. The summed E-state index contributed by atoms with van der Waals surface area (Å²) in [4.78, 5) is 2.00. The van der Waals surface area contributed by atoms with E-state index in [0.29, 0.717) is 30.9 Å². The molecular weight excluding hydrogens is 293 g/mol. The second kappa shape index (κ2) is 5.23. The van der Waals surface area contributed by atoms with Crippen molar-refractivity contribution in [2.24, 2.45) is 0 Å². The van der Waals surface area contributed by atoms with E-state index in [-0.39, 0.29) is 10.9 Å². The van der Waals surface area contributed by atoms with Crippen LogP contribution in [0.15, 0.2) is 17.0 Å². The third kappa shape index (κ3) is 2.54. The highest BCUT2D eigenvalue weighted by Crippen LogP contribution is 2.28. The average Bonchev–Trinajstić information content (AvgIpc) is 2.90. The number of nitrogens with zero attached hydrogens (tertiary/aromatic N) is 2. The van der Waals surface area contributed by atoms with Crippen molar-refractivity contribution in [1.29, 1.82) is 0 Å². The summed E-state index contributed by atoms with van der Waals surface area (Å²) in [6.45, 7) is 4.25. The SMILES string of the molecule is Cc1cc(F)c(S(=O)(=O)N2CCN3CCCC3C2)cc1N. The molecule has 2 saturated heterocycles. The first-order chi connectivity index (χ1) is 9.89. The standard InChI is InChI=1S/C14H20FN3O2S/c1-10-7-12(15)14(8-13(10)16)21(19,20)18-6-5-17-4-2-3-11(17)9-18/h7-8,11H,2-6,9,16H2,1H3. The molecular formula is C14H20FN3O2S. The third-order valence-corrected chi connectivity index (χ3v) is 6.37. The van der Waals surface area contributed by atoms with Gasteiger partial charge in [0.15, 0.2) is 0 Å². The van der Waals surface area contributed by atoms with Gasteiger partial charge in [0.2, 0.25) is 10.0 Å². The number of hydrogen-bond donors (Lipinski definition) is 1. The smallest absolute Gasteiger partial charge is 0.246 e. The molecule has 3 rings (SSSR count). The van der Waals surface area contributed by atoms with Gasteiger partial charge in [0.25, 0.3) is 0 Å². The Morgan fingerprint density at radius 1 is 1.29 bits per heavy atom. The number of piperazine rings is 1. The van der Waals surface area contributed by atoms with Crippen LogP contribution in [0.5, 0.6) is 0 Å². The summed E-state index contributed by atoms with van der Waals surface area (Å²) in [5, 5.41) is 0. The van der Waals surface area contributed by atoms with Crippen LogP contribution >= 0.6 is 0 Å². The zero-order chi connectivity index (χ0) is 15.2. The molecule has 1 atom stereocenters. The van der Waals surface area contributed by atoms with Gasteiger partial charge in [-0.15, -0.1) is 0 Å². The minimum atomic E-state index is -3.82. The Labute approximate surface area is 124 Å². The number of anilines is 1. The maximum atomic E-state index is 14.1. The van der Waals surface area contributed by atoms with Gasteiger partial charge in [-0.1, -0.05) is 0 Å². The third-order valence-electron chi connectivity index (χ3n) is 4.49. The molecule has 0 bridgehead atoms. The van der Waals surface area contributed by atoms with Gasteiger partial charge < -0.3 is 5.73 Å². The zero-order valence-corrected chi connectivity index (χ0v) is 12.9. The number of sulfonamides is 1. The minimum absolute atomic E-state index is 0.263. The van der Waals surface area contributed by atoms with E-state index < -0.39 is 15.8 Å². The topological polar surface area (TPSA) is 66.6 Å². The van der Waals surface area contributed by atoms with Crippen molar-refractivity contribution in [3.63, 3.8) is 0 Å². The summed E-state index contributed by atoms with van der Waals surface area (Å²) in [7, 11) is -3.82. The molecule has 2 fully saturated rings. The van der Waals surface area contributed by atoms with E-state index in [1.165, 1.54) is 16.4 Å². The molecule has 2 N–H and O–H groups in total. The first-order valence-corrected chi connectivity index (χ1v) is 8.63. The lowest BCUT2D eigenvalue weighted by atomic mass is 10.2. The predicted octanol–water partition coefficient (Wildman–Crippen LogP) is 1.19. The first kappa shape index (κ1) is 14.7. The number of fused-ring (bicyclic) bond motifs is 1. The van der Waals surface area contributed by atoms with Crippen LogP contribution < -0.4 is 5.73 Å². The molecule has 116 valence electrons. The molecule has 21 heavy (non-hydrogen) atoms. The maximum Gasteiger partial charge on any atom is 0.246 e. The van der Waals surface area contributed by atoms with E-state index in [0.717, 1.165) is 19.4 Å². The van der Waals surface area contributed by atoms with Gasteiger partial charge in [0.1, 0.15) is 10.7 Å². The normalized spacial score (nSPS) is 24.2. The fourth-order valence-corrected chi connectivity index (χ4v) is 4.74. The molecule has 0 radical (unpaired) electrons. The number of aryl methyl sites for hydroxylation is 1. The Morgan fingerprint density at radius 2 is 2.05 bits per heavy atom. The maximum absolute atomic E-state index is 14.1. The van der Waals surface area contributed by atoms with Gasteiger partial charge in [0, 0.05) is 31.4 Å². The second-order valence-electron chi connectivity index (χ2n) is 5.83. The summed E-state index contributed by atoms with van der Waals surface area (Å²) in [6, 6.07) is 2.69. The molecule has 0 aliphatic carbocycles. The molecule has 0 amide bonds. The average molecular weight is 313 g/mol. The van der Waals surface area contributed by atoms with Crippen molar-refractivity contribution >= 4 is 15.7 Å². The summed E-state index contributed by atoms with van der Waals surface area (Å²) < 4.78 is 40.8. The van der Waals surface area contributed by atoms with Crippen LogP contribution in [0.1, 0.15) is 18.4 Å². The monoisotopic (exact) mass is 313 g/mol. The number of nitrogens with two attached hydrogens (primary N) is 1. The number of benzene rings is 1. The van der Waals surface area contributed by atoms with Gasteiger partial charge in [-0.3, -0.25) is 4.90 Å². The van der Waals surface area contributed by atoms with Gasteiger partial charge >= 0.3 is 0 Å². The quantitative estimate of drug-likeness (QED) is 0.833. The Bertz CT molecular complexity index is 662. The van der Waals surface area contributed by atoms with Crippen molar-refractivity contribution in [3.05, 3.63) is 23.5 Å². The second-order valence-corrected chi connectivity index (χ2v) is 7.74. The highest BCUT2D eigenvalue weighted by molar-refractivity contribution is 7.89. The van der Waals surface area contributed by atoms with E-state index in [2.05, 4.69) is 4.90 Å². The van der Waals surface area contributed by atoms with Gasteiger partial charge in [-0.25, -0.2) is 12.8 Å².